The van der Waals surface area contributed by atoms with E-state index < -0.39 is 0 Å². The second-order valence-electron chi connectivity index (χ2n) is 5.68. The first-order valence-corrected chi connectivity index (χ1v) is 7.32. The zero-order valence-electron chi connectivity index (χ0n) is 12.6. The zero-order chi connectivity index (χ0) is 14.8. The van der Waals surface area contributed by atoms with Crippen LogP contribution >= 0.6 is 0 Å². The molecule has 5 heteroatoms. The van der Waals surface area contributed by atoms with Crippen molar-refractivity contribution in [3.63, 3.8) is 0 Å². The molecule has 0 fully saturated rings. The predicted molar refractivity (Wildman–Crippen MR) is 87.3 cm³/mol. The first kappa shape index (κ1) is 13.8. The molecule has 0 aliphatic carbocycles. The van der Waals surface area contributed by atoms with Crippen LogP contribution in [0, 0.1) is 0 Å². The summed E-state index contributed by atoms with van der Waals surface area (Å²) >= 11 is 0. The van der Waals surface area contributed by atoms with Crippen LogP contribution in [-0.2, 0) is 6.42 Å². The van der Waals surface area contributed by atoms with Gasteiger partial charge in [0, 0.05) is 11.8 Å². The minimum atomic E-state index is 0.500. The Morgan fingerprint density at radius 1 is 1.14 bits per heavy atom. The molecule has 3 rings (SSSR count). The zero-order valence-corrected chi connectivity index (χ0v) is 12.6. The van der Waals surface area contributed by atoms with Crippen molar-refractivity contribution in [2.24, 2.45) is 0 Å². The molecule has 0 saturated carbocycles. The van der Waals surface area contributed by atoms with Crippen molar-refractivity contribution in [2.75, 3.05) is 26.4 Å². The van der Waals surface area contributed by atoms with Gasteiger partial charge in [-0.15, -0.1) is 0 Å². The monoisotopic (exact) mass is 283 g/mol. The Labute approximate surface area is 124 Å². The molecule has 110 valence electrons. The molecule has 2 heterocycles. The number of nitrogens with two attached hydrogens (primary N) is 1. The van der Waals surface area contributed by atoms with Crippen molar-refractivity contribution in [1.29, 1.82) is 0 Å². The number of rotatable bonds is 5. The van der Waals surface area contributed by atoms with Crippen LogP contribution in [0.3, 0.4) is 0 Å². The number of nitrogens with zero attached hydrogens (tertiary/aromatic N) is 3. The number of aromatic nitrogens is 3. The molecule has 2 aromatic heterocycles. The van der Waals surface area contributed by atoms with Crippen molar-refractivity contribution >= 4 is 27.8 Å². The fraction of sp³-hybridized carbons (Fsp3) is 0.375. The second kappa shape index (κ2) is 5.69. The number of imidazole rings is 1. The number of nitrogen functional groups attached to an aromatic ring is 1. The Kier molecular flexibility index (Phi) is 3.75. The smallest absolute Gasteiger partial charge is 0.152 e. The van der Waals surface area contributed by atoms with Crippen molar-refractivity contribution < 1.29 is 0 Å². The van der Waals surface area contributed by atoms with Crippen molar-refractivity contribution in [3.8, 4) is 0 Å². The molecule has 0 amide bonds. The van der Waals surface area contributed by atoms with E-state index in [-0.39, 0.29) is 0 Å². The molecule has 1 aromatic carbocycles. The van der Waals surface area contributed by atoms with Gasteiger partial charge in [0.1, 0.15) is 11.3 Å². The maximum Gasteiger partial charge on any atom is 0.152 e. The van der Waals surface area contributed by atoms with E-state index in [0.29, 0.717) is 5.82 Å². The molecule has 21 heavy (non-hydrogen) atoms. The number of H-pyrrole nitrogens is 1. The number of hydrogen-bond donors (Lipinski definition) is 2. The lowest BCUT2D eigenvalue weighted by atomic mass is 10.2. The third-order valence-electron chi connectivity index (χ3n) is 3.68. The van der Waals surface area contributed by atoms with Crippen LogP contribution in [0.4, 0.5) is 5.82 Å². The highest BCUT2D eigenvalue weighted by atomic mass is 15.0. The molecule has 0 bridgehead atoms. The van der Waals surface area contributed by atoms with Crippen LogP contribution < -0.4 is 5.73 Å². The van der Waals surface area contributed by atoms with Gasteiger partial charge in [-0.1, -0.05) is 18.2 Å². The van der Waals surface area contributed by atoms with E-state index in [1.54, 1.807) is 0 Å². The Balaban J connectivity index is 1.89. The highest BCUT2D eigenvalue weighted by Crippen LogP contribution is 2.26. The number of fused-ring (bicyclic) bond motifs is 3. The average molecular weight is 283 g/mol. The lowest BCUT2D eigenvalue weighted by molar-refractivity contribution is 0.394. The summed E-state index contributed by atoms with van der Waals surface area (Å²) in [6.07, 6.45) is 3.22. The summed E-state index contributed by atoms with van der Waals surface area (Å²) in [7, 11) is 4.19. The van der Waals surface area contributed by atoms with E-state index in [1.807, 2.05) is 18.2 Å². The fourth-order valence-corrected chi connectivity index (χ4v) is 2.61. The van der Waals surface area contributed by atoms with E-state index in [4.69, 9.17) is 5.73 Å². The lowest BCUT2D eigenvalue weighted by Crippen LogP contribution is -2.12. The summed E-state index contributed by atoms with van der Waals surface area (Å²) in [5, 5.41) is 1.08. The quantitative estimate of drug-likeness (QED) is 0.706. The minimum Gasteiger partial charge on any atom is -0.382 e. The molecule has 5 nitrogen and oxygen atoms in total. The van der Waals surface area contributed by atoms with E-state index in [2.05, 4.69) is 40.0 Å². The van der Waals surface area contributed by atoms with Crippen LogP contribution in [0.5, 0.6) is 0 Å². The molecule has 0 aliphatic rings. The van der Waals surface area contributed by atoms with Gasteiger partial charge in [0.05, 0.1) is 11.0 Å². The molecule has 0 aliphatic heterocycles. The highest BCUT2D eigenvalue weighted by Gasteiger charge is 2.11. The van der Waals surface area contributed by atoms with Crippen LogP contribution in [-0.4, -0.2) is 40.5 Å². The number of benzene rings is 1. The Morgan fingerprint density at radius 2 is 1.95 bits per heavy atom. The minimum absolute atomic E-state index is 0.500. The largest absolute Gasteiger partial charge is 0.382 e. The topological polar surface area (TPSA) is 70.8 Å². The van der Waals surface area contributed by atoms with E-state index >= 15 is 0 Å². The van der Waals surface area contributed by atoms with Crippen molar-refractivity contribution in [1.82, 2.24) is 19.9 Å². The van der Waals surface area contributed by atoms with E-state index in [9.17, 15) is 0 Å². The van der Waals surface area contributed by atoms with Gasteiger partial charge in [-0.05, 0) is 39.5 Å². The Bertz CT molecular complexity index is 760. The molecule has 0 radical (unpaired) electrons. The molecule has 3 aromatic rings. The fourth-order valence-electron chi connectivity index (χ4n) is 2.61. The summed E-state index contributed by atoms with van der Waals surface area (Å²) in [5.41, 5.74) is 8.73. The number of para-hydroxylation sites is 1. The standard InChI is InChI=1S/C16H21N5/c1-21(2)10-6-5-9-13-19-14-11-7-3-4-8-12(11)18-16(17)15(14)20-13/h3-4,7-8H,5-6,9-10H2,1-2H3,(H2,17,18)(H,19,20). The van der Waals surface area contributed by atoms with Gasteiger partial charge in [-0.25, -0.2) is 9.97 Å². The Morgan fingerprint density at radius 3 is 2.76 bits per heavy atom. The Hall–Kier alpha value is -2.14. The van der Waals surface area contributed by atoms with Gasteiger partial charge in [0.2, 0.25) is 0 Å². The first-order chi connectivity index (χ1) is 10.1. The summed E-state index contributed by atoms with van der Waals surface area (Å²) < 4.78 is 0. The van der Waals surface area contributed by atoms with Gasteiger partial charge in [-0.3, -0.25) is 0 Å². The van der Waals surface area contributed by atoms with E-state index in [1.165, 1.54) is 6.42 Å². The number of anilines is 1. The summed E-state index contributed by atoms with van der Waals surface area (Å²) in [6, 6.07) is 8.01. The molecule has 0 atom stereocenters. The number of hydrogen-bond acceptors (Lipinski definition) is 4. The molecular weight excluding hydrogens is 262 g/mol. The van der Waals surface area contributed by atoms with Gasteiger partial charge in [-0.2, -0.15) is 0 Å². The van der Waals surface area contributed by atoms with Gasteiger partial charge in [0.25, 0.3) is 0 Å². The molecular formula is C16H21N5. The summed E-state index contributed by atoms with van der Waals surface area (Å²) in [4.78, 5) is 14.7. The average Bonchev–Trinajstić information content (AvgIpc) is 2.88. The third-order valence-corrected chi connectivity index (χ3v) is 3.68. The molecule has 3 N–H and O–H groups in total. The SMILES string of the molecule is CN(C)CCCCc1nc2c(N)nc3ccccc3c2[nH]1. The maximum atomic E-state index is 6.03. The molecule has 0 unspecified atom stereocenters. The first-order valence-electron chi connectivity index (χ1n) is 7.32. The highest BCUT2D eigenvalue weighted by molar-refractivity contribution is 6.05. The normalized spacial score (nSPS) is 11.8. The second-order valence-corrected chi connectivity index (χ2v) is 5.68. The summed E-state index contributed by atoms with van der Waals surface area (Å²) in [5.74, 6) is 1.49. The van der Waals surface area contributed by atoms with Gasteiger partial charge in [0.15, 0.2) is 5.82 Å². The number of unbranched alkanes of at least 4 members (excludes halogenated alkanes) is 1. The van der Waals surface area contributed by atoms with E-state index in [0.717, 1.165) is 47.1 Å². The van der Waals surface area contributed by atoms with Gasteiger partial charge < -0.3 is 15.6 Å². The molecule has 0 saturated heterocycles. The maximum absolute atomic E-state index is 6.03. The van der Waals surface area contributed by atoms with Crippen LogP contribution in [0.15, 0.2) is 24.3 Å². The van der Waals surface area contributed by atoms with Crippen molar-refractivity contribution in [3.05, 3.63) is 30.1 Å². The van der Waals surface area contributed by atoms with Crippen LogP contribution in [0.1, 0.15) is 18.7 Å². The molecule has 0 spiro atoms. The van der Waals surface area contributed by atoms with Crippen LogP contribution in [0.25, 0.3) is 21.9 Å². The van der Waals surface area contributed by atoms with Crippen molar-refractivity contribution in [2.45, 2.75) is 19.3 Å². The third kappa shape index (κ3) is 2.83. The lowest BCUT2D eigenvalue weighted by Gasteiger charge is -2.07. The predicted octanol–water partition coefficient (Wildman–Crippen LogP) is 2.58. The number of aromatic amines is 1. The number of nitrogens with one attached hydrogen (secondary N) is 1. The van der Waals surface area contributed by atoms with Crippen LogP contribution in [0.2, 0.25) is 0 Å². The number of aryl methyl sites for hydroxylation is 1. The van der Waals surface area contributed by atoms with Gasteiger partial charge >= 0.3 is 0 Å². The number of pyridine rings is 1. The summed E-state index contributed by atoms with van der Waals surface area (Å²) in [6.45, 7) is 1.10.